The summed E-state index contributed by atoms with van der Waals surface area (Å²) < 4.78 is 4.96. The summed E-state index contributed by atoms with van der Waals surface area (Å²) in [6.45, 7) is 0. The molecule has 0 radical (unpaired) electrons. The van der Waals surface area contributed by atoms with Gasteiger partial charge in [0, 0.05) is 49.5 Å². The number of hydrogen-bond acceptors (Lipinski definition) is 0. The molecule has 0 fully saturated rings. The Kier molecular flexibility index (Phi) is 2.83. The van der Waals surface area contributed by atoms with Crippen LogP contribution in [0.25, 0.3) is 76.4 Å². The van der Waals surface area contributed by atoms with Crippen LogP contribution in [0.15, 0.2) is 109 Å². The van der Waals surface area contributed by atoms with Gasteiger partial charge in [-0.15, -0.1) is 0 Å². The monoisotopic (exact) mass is 430 g/mol. The van der Waals surface area contributed by atoms with Crippen LogP contribution in [-0.2, 0) is 0 Å². The van der Waals surface area contributed by atoms with Gasteiger partial charge in [-0.1, -0.05) is 97.1 Å². The summed E-state index contributed by atoms with van der Waals surface area (Å²) in [5.74, 6) is 0. The second kappa shape index (κ2) is 5.67. The minimum atomic E-state index is 1.26. The molecule has 0 bridgehead atoms. The topological polar surface area (TPSA) is 8.82 Å². The lowest BCUT2D eigenvalue weighted by Crippen LogP contribution is -1.85. The molecule has 0 amide bonds. The SMILES string of the molecule is c1ccc(-c2cn3c4c2cccc4c2ccc4c5cccc6c7ccccc7n(c65)c4c23)cc1. The van der Waals surface area contributed by atoms with Crippen LogP contribution >= 0.6 is 0 Å². The van der Waals surface area contributed by atoms with E-state index in [0.29, 0.717) is 0 Å². The number of hydrogen-bond donors (Lipinski definition) is 0. The molecule has 0 saturated heterocycles. The van der Waals surface area contributed by atoms with E-state index >= 15 is 0 Å². The van der Waals surface area contributed by atoms with Gasteiger partial charge in [0.25, 0.3) is 0 Å². The lowest BCUT2D eigenvalue weighted by Gasteiger charge is -2.02. The van der Waals surface area contributed by atoms with E-state index in [2.05, 4.69) is 118 Å². The second-order valence-electron chi connectivity index (χ2n) is 9.39. The number of benzene rings is 5. The number of para-hydroxylation sites is 3. The minimum Gasteiger partial charge on any atom is -0.313 e. The zero-order valence-corrected chi connectivity index (χ0v) is 18.3. The third-order valence-corrected chi connectivity index (χ3v) is 7.80. The lowest BCUT2D eigenvalue weighted by molar-refractivity contribution is 1.29. The number of fused-ring (bicyclic) bond motifs is 10. The third-order valence-electron chi connectivity index (χ3n) is 7.80. The molecular formula is C32H18N2. The lowest BCUT2D eigenvalue weighted by atomic mass is 10.0. The Morgan fingerprint density at radius 2 is 0.971 bits per heavy atom. The average Bonchev–Trinajstić information content (AvgIpc) is 3.62. The van der Waals surface area contributed by atoms with Crippen molar-refractivity contribution in [3.63, 3.8) is 0 Å². The second-order valence-corrected chi connectivity index (χ2v) is 9.39. The van der Waals surface area contributed by atoms with Gasteiger partial charge in [0.05, 0.1) is 27.6 Å². The molecule has 5 aromatic carbocycles. The molecule has 9 aromatic rings. The molecule has 0 aliphatic carbocycles. The number of aromatic nitrogens is 2. The van der Waals surface area contributed by atoms with Gasteiger partial charge in [-0.2, -0.15) is 0 Å². The van der Waals surface area contributed by atoms with Crippen molar-refractivity contribution in [3.05, 3.63) is 109 Å². The Labute approximate surface area is 194 Å². The molecule has 9 rings (SSSR count). The zero-order chi connectivity index (χ0) is 22.0. The van der Waals surface area contributed by atoms with Crippen molar-refractivity contribution in [1.29, 1.82) is 0 Å². The average molecular weight is 431 g/mol. The van der Waals surface area contributed by atoms with Crippen LogP contribution in [0.4, 0.5) is 0 Å². The molecule has 0 saturated carbocycles. The van der Waals surface area contributed by atoms with E-state index in [1.807, 2.05) is 0 Å². The zero-order valence-electron chi connectivity index (χ0n) is 18.3. The number of rotatable bonds is 1. The molecule has 0 aliphatic heterocycles. The van der Waals surface area contributed by atoms with Gasteiger partial charge < -0.3 is 8.80 Å². The Morgan fingerprint density at radius 1 is 0.382 bits per heavy atom. The van der Waals surface area contributed by atoms with Crippen LogP contribution in [0.5, 0.6) is 0 Å². The van der Waals surface area contributed by atoms with E-state index in [0.717, 1.165) is 0 Å². The smallest absolute Gasteiger partial charge is 0.0789 e. The quantitative estimate of drug-likeness (QED) is 0.247. The molecule has 4 heterocycles. The highest BCUT2D eigenvalue weighted by atomic mass is 15.0. The minimum absolute atomic E-state index is 1.26. The van der Waals surface area contributed by atoms with Crippen molar-refractivity contribution in [2.75, 3.05) is 0 Å². The van der Waals surface area contributed by atoms with Crippen LogP contribution in [0.1, 0.15) is 0 Å². The van der Waals surface area contributed by atoms with Crippen molar-refractivity contribution in [1.82, 2.24) is 8.80 Å². The Bertz CT molecular complexity index is 2210. The van der Waals surface area contributed by atoms with E-state index in [1.165, 1.54) is 76.4 Å². The Hall–Kier alpha value is -4.56. The maximum absolute atomic E-state index is 2.51. The van der Waals surface area contributed by atoms with Gasteiger partial charge in [0.15, 0.2) is 0 Å². The first-order valence-electron chi connectivity index (χ1n) is 11.8. The van der Waals surface area contributed by atoms with E-state index in [9.17, 15) is 0 Å². The van der Waals surface area contributed by atoms with Crippen LogP contribution in [0, 0.1) is 0 Å². The first-order valence-corrected chi connectivity index (χ1v) is 11.8. The predicted octanol–water partition coefficient (Wildman–Crippen LogP) is 8.50. The summed E-state index contributed by atoms with van der Waals surface area (Å²) in [6.07, 6.45) is 2.35. The molecule has 0 atom stereocenters. The van der Waals surface area contributed by atoms with Gasteiger partial charge in [-0.25, -0.2) is 0 Å². The highest BCUT2D eigenvalue weighted by molar-refractivity contribution is 6.30. The maximum atomic E-state index is 2.51. The van der Waals surface area contributed by atoms with E-state index < -0.39 is 0 Å². The van der Waals surface area contributed by atoms with E-state index in [-0.39, 0.29) is 0 Å². The predicted molar refractivity (Wildman–Crippen MR) is 144 cm³/mol. The normalized spacial score (nSPS) is 12.7. The Morgan fingerprint density at radius 3 is 1.79 bits per heavy atom. The van der Waals surface area contributed by atoms with Crippen molar-refractivity contribution in [3.8, 4) is 11.1 Å². The molecule has 0 N–H and O–H groups in total. The fourth-order valence-corrected chi connectivity index (χ4v) is 6.48. The fourth-order valence-electron chi connectivity index (χ4n) is 6.48. The first kappa shape index (κ1) is 17.0. The van der Waals surface area contributed by atoms with E-state index in [4.69, 9.17) is 0 Å². The van der Waals surface area contributed by atoms with Crippen molar-refractivity contribution >= 4 is 65.3 Å². The summed E-state index contributed by atoms with van der Waals surface area (Å²) in [4.78, 5) is 0. The summed E-state index contributed by atoms with van der Waals surface area (Å²) in [7, 11) is 0. The van der Waals surface area contributed by atoms with Crippen molar-refractivity contribution in [2.45, 2.75) is 0 Å². The van der Waals surface area contributed by atoms with Crippen LogP contribution in [-0.4, -0.2) is 8.80 Å². The van der Waals surface area contributed by atoms with Crippen molar-refractivity contribution < 1.29 is 0 Å². The fraction of sp³-hybridized carbons (Fsp3) is 0. The molecule has 2 heteroatoms. The van der Waals surface area contributed by atoms with Crippen LogP contribution in [0.3, 0.4) is 0 Å². The number of nitrogens with zero attached hydrogens (tertiary/aromatic N) is 2. The van der Waals surface area contributed by atoms with E-state index in [1.54, 1.807) is 0 Å². The highest BCUT2D eigenvalue weighted by Gasteiger charge is 2.23. The van der Waals surface area contributed by atoms with Gasteiger partial charge in [0.1, 0.15) is 0 Å². The summed E-state index contributed by atoms with van der Waals surface area (Å²) in [5, 5.41) is 9.25. The molecule has 4 aromatic heterocycles. The molecule has 34 heavy (non-hydrogen) atoms. The highest BCUT2D eigenvalue weighted by Crippen LogP contribution is 2.45. The summed E-state index contributed by atoms with van der Waals surface area (Å²) in [6, 6.07) is 37.7. The molecule has 0 spiro atoms. The molecule has 0 unspecified atom stereocenters. The van der Waals surface area contributed by atoms with Gasteiger partial charge in [-0.3, -0.25) is 0 Å². The van der Waals surface area contributed by atoms with Crippen LogP contribution in [0.2, 0.25) is 0 Å². The molecule has 2 nitrogen and oxygen atoms in total. The third kappa shape index (κ3) is 1.79. The first-order chi connectivity index (χ1) is 16.9. The van der Waals surface area contributed by atoms with Gasteiger partial charge >= 0.3 is 0 Å². The molecular weight excluding hydrogens is 412 g/mol. The van der Waals surface area contributed by atoms with Gasteiger partial charge in [-0.05, 0) is 11.6 Å². The van der Waals surface area contributed by atoms with Gasteiger partial charge in [0.2, 0.25) is 0 Å². The summed E-state index contributed by atoms with van der Waals surface area (Å²) in [5.41, 5.74) is 9.07. The molecule has 156 valence electrons. The largest absolute Gasteiger partial charge is 0.313 e. The summed E-state index contributed by atoms with van der Waals surface area (Å²) >= 11 is 0. The van der Waals surface area contributed by atoms with Crippen LogP contribution < -0.4 is 0 Å². The molecule has 0 aliphatic rings. The van der Waals surface area contributed by atoms with Crippen molar-refractivity contribution in [2.24, 2.45) is 0 Å². The maximum Gasteiger partial charge on any atom is 0.0789 e. The Balaban J connectivity index is 1.61. The standard InChI is InChI=1S/C32H18N2/c1-2-8-19(9-3-1)27-18-33-29-22(12-7-14-24(27)29)25-16-17-26-23-13-6-11-21-20-10-4-5-15-28(20)34(30(21)23)32(26)31(25)33/h1-18H.